The van der Waals surface area contributed by atoms with Gasteiger partial charge >= 0.3 is 0 Å². The van der Waals surface area contributed by atoms with Gasteiger partial charge in [-0.1, -0.05) is 6.07 Å². The molecule has 0 spiro atoms. The van der Waals surface area contributed by atoms with Crippen LogP contribution >= 0.6 is 0 Å². The second-order valence-electron chi connectivity index (χ2n) is 6.80. The first-order valence-electron chi connectivity index (χ1n) is 8.65. The van der Waals surface area contributed by atoms with Gasteiger partial charge in [0.15, 0.2) is 0 Å². The average molecular weight is 334 g/mol. The summed E-state index contributed by atoms with van der Waals surface area (Å²) in [6, 6.07) is 13.9. The minimum Gasteiger partial charge on any atom is -0.378 e. The molecule has 0 aliphatic heterocycles. The predicted molar refractivity (Wildman–Crippen MR) is 100 cm³/mol. The van der Waals surface area contributed by atoms with Gasteiger partial charge in [-0.05, 0) is 49.2 Å². The van der Waals surface area contributed by atoms with Crippen LogP contribution in [0.15, 0.2) is 48.7 Å². The molecule has 1 N–H and O–H groups in total. The fraction of sp³-hybridized carbons (Fsp3) is 0.300. The fourth-order valence-corrected chi connectivity index (χ4v) is 3.47. The van der Waals surface area contributed by atoms with Crippen LogP contribution in [0, 0.1) is 5.92 Å². The number of benzene rings is 1. The number of anilines is 2. The molecule has 3 aromatic rings. The van der Waals surface area contributed by atoms with Gasteiger partial charge in [0.25, 0.3) is 0 Å². The van der Waals surface area contributed by atoms with Crippen LogP contribution in [0.3, 0.4) is 0 Å². The summed E-state index contributed by atoms with van der Waals surface area (Å²) in [7, 11) is 4.01. The van der Waals surface area contributed by atoms with E-state index in [1.165, 1.54) is 5.69 Å². The molecular formula is C20H22N4O. The Morgan fingerprint density at radius 1 is 1.20 bits per heavy atom. The first-order valence-corrected chi connectivity index (χ1v) is 8.65. The van der Waals surface area contributed by atoms with Crippen LogP contribution in [0.2, 0.25) is 0 Å². The molecule has 5 nitrogen and oxygen atoms in total. The topological polar surface area (TPSA) is 49.6 Å². The number of rotatable bonds is 3. The number of fused-ring (bicyclic) bond motifs is 3. The largest absolute Gasteiger partial charge is 0.378 e. The first-order chi connectivity index (χ1) is 12.1. The minimum atomic E-state index is -0.0128. The van der Waals surface area contributed by atoms with E-state index in [9.17, 15) is 4.79 Å². The molecule has 0 fully saturated rings. The van der Waals surface area contributed by atoms with E-state index in [-0.39, 0.29) is 11.8 Å². The van der Waals surface area contributed by atoms with E-state index in [2.05, 4.69) is 14.7 Å². The molecule has 2 heterocycles. The van der Waals surface area contributed by atoms with Crippen LogP contribution in [-0.4, -0.2) is 29.4 Å². The predicted octanol–water partition coefficient (Wildman–Crippen LogP) is 3.14. The van der Waals surface area contributed by atoms with Gasteiger partial charge in [0.2, 0.25) is 5.91 Å². The second kappa shape index (κ2) is 6.24. The number of carbonyl (C=O) groups is 1. The molecule has 0 bridgehead atoms. The Bertz CT molecular complexity index is 911. The molecule has 1 amide bonds. The van der Waals surface area contributed by atoms with Crippen molar-refractivity contribution in [2.24, 2.45) is 5.92 Å². The van der Waals surface area contributed by atoms with Gasteiger partial charge in [-0.3, -0.25) is 4.79 Å². The maximum absolute atomic E-state index is 12.7. The van der Waals surface area contributed by atoms with Crippen molar-refractivity contribution in [3.05, 3.63) is 60.0 Å². The van der Waals surface area contributed by atoms with E-state index in [1.54, 1.807) is 0 Å². The number of aromatic nitrogens is 2. The zero-order valence-corrected chi connectivity index (χ0v) is 14.6. The van der Waals surface area contributed by atoms with E-state index in [0.717, 1.165) is 42.0 Å². The van der Waals surface area contributed by atoms with Crippen LogP contribution in [0.1, 0.15) is 17.8 Å². The number of hydrogen-bond donors (Lipinski definition) is 1. The summed E-state index contributed by atoms with van der Waals surface area (Å²) in [6.45, 7) is 0. The summed E-state index contributed by atoms with van der Waals surface area (Å²) in [4.78, 5) is 19.4. The van der Waals surface area contributed by atoms with Crippen molar-refractivity contribution in [1.82, 2.24) is 9.38 Å². The second-order valence-corrected chi connectivity index (χ2v) is 6.80. The lowest BCUT2D eigenvalue weighted by Gasteiger charge is -2.21. The van der Waals surface area contributed by atoms with Crippen molar-refractivity contribution in [2.45, 2.75) is 19.3 Å². The lowest BCUT2D eigenvalue weighted by Crippen LogP contribution is -2.28. The zero-order chi connectivity index (χ0) is 17.4. The maximum atomic E-state index is 12.7. The van der Waals surface area contributed by atoms with Crippen molar-refractivity contribution in [3.8, 4) is 0 Å². The van der Waals surface area contributed by atoms with Gasteiger partial charge in [0.05, 0.1) is 5.69 Å². The first kappa shape index (κ1) is 15.7. The number of imidazole rings is 1. The Labute approximate surface area is 147 Å². The van der Waals surface area contributed by atoms with Gasteiger partial charge in [-0.25, -0.2) is 4.98 Å². The van der Waals surface area contributed by atoms with Gasteiger partial charge < -0.3 is 14.6 Å². The number of aryl methyl sites for hydroxylation is 1. The molecule has 1 aliphatic rings. The molecule has 5 heteroatoms. The average Bonchev–Trinajstić information content (AvgIpc) is 3.00. The molecule has 0 saturated heterocycles. The highest BCUT2D eigenvalue weighted by atomic mass is 16.1. The van der Waals surface area contributed by atoms with Crippen molar-refractivity contribution in [2.75, 3.05) is 24.3 Å². The quantitative estimate of drug-likeness (QED) is 0.800. The number of amides is 1. The van der Waals surface area contributed by atoms with Crippen LogP contribution < -0.4 is 10.2 Å². The summed E-state index contributed by atoms with van der Waals surface area (Å²) in [5.41, 5.74) is 5.23. The third-order valence-electron chi connectivity index (χ3n) is 4.90. The molecular weight excluding hydrogens is 312 g/mol. The van der Waals surface area contributed by atoms with Gasteiger partial charge in [0, 0.05) is 49.7 Å². The summed E-state index contributed by atoms with van der Waals surface area (Å²) in [5.74, 6) is 0.0789. The minimum absolute atomic E-state index is 0.0128. The third-order valence-corrected chi connectivity index (χ3v) is 4.90. The van der Waals surface area contributed by atoms with E-state index in [0.29, 0.717) is 0 Å². The molecule has 1 unspecified atom stereocenters. The maximum Gasteiger partial charge on any atom is 0.227 e. The molecule has 0 radical (unpaired) electrons. The molecule has 1 aliphatic carbocycles. The standard InChI is InChI=1S/C20H22N4O/c1-23(2)16-9-7-15(8-10-16)21-20(25)14-6-11-17-18(13-14)24-12-4-3-5-19(24)22-17/h3-5,7-10,12,14H,6,11,13H2,1-2H3,(H,21,25). The van der Waals surface area contributed by atoms with Crippen LogP contribution in [0.25, 0.3) is 5.65 Å². The number of nitrogens with zero attached hydrogens (tertiary/aromatic N) is 3. The van der Waals surface area contributed by atoms with Crippen LogP contribution in [-0.2, 0) is 17.6 Å². The monoisotopic (exact) mass is 334 g/mol. The molecule has 4 rings (SSSR count). The number of carbonyl (C=O) groups excluding carboxylic acids is 1. The van der Waals surface area contributed by atoms with Crippen molar-refractivity contribution in [1.29, 1.82) is 0 Å². The normalized spacial score (nSPS) is 16.5. The van der Waals surface area contributed by atoms with E-state index < -0.39 is 0 Å². The summed E-state index contributed by atoms with van der Waals surface area (Å²) in [5, 5.41) is 3.06. The van der Waals surface area contributed by atoms with Gasteiger partial charge in [-0.15, -0.1) is 0 Å². The lowest BCUT2D eigenvalue weighted by atomic mass is 9.89. The Hall–Kier alpha value is -2.82. The van der Waals surface area contributed by atoms with Crippen molar-refractivity contribution >= 4 is 22.9 Å². The van der Waals surface area contributed by atoms with Gasteiger partial charge in [-0.2, -0.15) is 0 Å². The fourth-order valence-electron chi connectivity index (χ4n) is 3.47. The molecule has 2 aromatic heterocycles. The molecule has 25 heavy (non-hydrogen) atoms. The Morgan fingerprint density at radius 2 is 2.00 bits per heavy atom. The number of pyridine rings is 1. The smallest absolute Gasteiger partial charge is 0.227 e. The highest BCUT2D eigenvalue weighted by Crippen LogP contribution is 2.27. The third kappa shape index (κ3) is 2.97. The van der Waals surface area contributed by atoms with E-state index in [4.69, 9.17) is 0 Å². The Morgan fingerprint density at radius 3 is 2.76 bits per heavy atom. The van der Waals surface area contributed by atoms with Crippen molar-refractivity contribution in [3.63, 3.8) is 0 Å². The number of hydrogen-bond acceptors (Lipinski definition) is 3. The molecule has 128 valence electrons. The summed E-state index contributed by atoms with van der Waals surface area (Å²) in [6.07, 6.45) is 4.47. The number of nitrogens with one attached hydrogen (secondary N) is 1. The van der Waals surface area contributed by atoms with Crippen molar-refractivity contribution < 1.29 is 4.79 Å². The van der Waals surface area contributed by atoms with Gasteiger partial charge in [0.1, 0.15) is 5.65 Å². The van der Waals surface area contributed by atoms with Crippen LogP contribution in [0.5, 0.6) is 0 Å². The highest BCUT2D eigenvalue weighted by Gasteiger charge is 2.28. The Kier molecular flexibility index (Phi) is 3.92. The molecule has 0 saturated carbocycles. The van der Waals surface area contributed by atoms with E-state index in [1.807, 2.05) is 67.7 Å². The molecule has 1 atom stereocenters. The van der Waals surface area contributed by atoms with E-state index >= 15 is 0 Å². The summed E-state index contributed by atoms with van der Waals surface area (Å²) >= 11 is 0. The SMILES string of the molecule is CN(C)c1ccc(NC(=O)C2CCc3nc4ccccn4c3C2)cc1. The molecule has 1 aromatic carbocycles. The zero-order valence-electron chi connectivity index (χ0n) is 14.6. The van der Waals surface area contributed by atoms with Crippen LogP contribution in [0.4, 0.5) is 11.4 Å². The Balaban J connectivity index is 1.50. The summed E-state index contributed by atoms with van der Waals surface area (Å²) < 4.78 is 2.11. The lowest BCUT2D eigenvalue weighted by molar-refractivity contribution is -0.120. The highest BCUT2D eigenvalue weighted by molar-refractivity contribution is 5.93.